The number of carboxylic acid groups (broad SMARTS) is 1. The van der Waals surface area contributed by atoms with Crippen LogP contribution in [0.2, 0.25) is 10.0 Å². The van der Waals surface area contributed by atoms with Crippen molar-refractivity contribution in [1.29, 1.82) is 0 Å². The van der Waals surface area contributed by atoms with Crippen molar-refractivity contribution in [3.63, 3.8) is 0 Å². The molecule has 0 unspecified atom stereocenters. The average molecular weight is 393 g/mol. The van der Waals surface area contributed by atoms with Crippen molar-refractivity contribution in [3.05, 3.63) is 52.0 Å². The Kier molecular flexibility index (Phi) is 5.36. The van der Waals surface area contributed by atoms with Gasteiger partial charge in [-0.1, -0.05) is 29.3 Å². The molecule has 0 spiro atoms. The minimum atomic E-state index is -0.988. The van der Waals surface area contributed by atoms with Crippen LogP contribution in [0.3, 0.4) is 0 Å². The maximum absolute atomic E-state index is 11.2. The molecule has 136 valence electrons. The standard InChI is InChI=1S/C18H18Cl2N4O2/c1-23(2)8-9-24-15-7-6-11(17(25)26)10-14(15)21-18(24)22-16-12(19)4-3-5-13(16)20/h3-7,10H,8-9H2,1-2H3,(H,21,22)(H,25,26). The van der Waals surface area contributed by atoms with E-state index in [0.717, 1.165) is 12.1 Å². The minimum absolute atomic E-state index is 0.192. The van der Waals surface area contributed by atoms with Crippen molar-refractivity contribution in [3.8, 4) is 0 Å². The van der Waals surface area contributed by atoms with Gasteiger partial charge >= 0.3 is 5.97 Å². The van der Waals surface area contributed by atoms with Crippen LogP contribution in [0.5, 0.6) is 0 Å². The van der Waals surface area contributed by atoms with Crippen molar-refractivity contribution in [2.24, 2.45) is 0 Å². The highest BCUT2D eigenvalue weighted by Crippen LogP contribution is 2.33. The van der Waals surface area contributed by atoms with E-state index in [1.807, 2.05) is 18.7 Å². The number of nitrogens with zero attached hydrogens (tertiary/aromatic N) is 3. The van der Waals surface area contributed by atoms with Crippen molar-refractivity contribution < 1.29 is 9.90 Å². The molecule has 0 fully saturated rings. The van der Waals surface area contributed by atoms with Gasteiger partial charge in [0.15, 0.2) is 0 Å². The summed E-state index contributed by atoms with van der Waals surface area (Å²) in [6.07, 6.45) is 0. The van der Waals surface area contributed by atoms with Crippen LogP contribution in [0.15, 0.2) is 36.4 Å². The van der Waals surface area contributed by atoms with Gasteiger partial charge in [0.05, 0.1) is 32.3 Å². The lowest BCUT2D eigenvalue weighted by Gasteiger charge is -2.15. The summed E-state index contributed by atoms with van der Waals surface area (Å²) in [6.45, 7) is 1.46. The zero-order valence-electron chi connectivity index (χ0n) is 14.3. The second kappa shape index (κ2) is 7.53. The van der Waals surface area contributed by atoms with E-state index in [1.165, 1.54) is 0 Å². The second-order valence-electron chi connectivity index (χ2n) is 6.12. The quantitative estimate of drug-likeness (QED) is 0.652. The zero-order chi connectivity index (χ0) is 18.8. The molecule has 0 saturated heterocycles. The van der Waals surface area contributed by atoms with Gasteiger partial charge in [-0.2, -0.15) is 0 Å². The first-order valence-corrected chi connectivity index (χ1v) is 8.71. The molecule has 0 saturated carbocycles. The number of carboxylic acids is 1. The number of rotatable bonds is 6. The number of fused-ring (bicyclic) bond motifs is 1. The Morgan fingerprint density at radius 2 is 1.92 bits per heavy atom. The third kappa shape index (κ3) is 3.77. The van der Waals surface area contributed by atoms with E-state index in [4.69, 9.17) is 23.2 Å². The first-order valence-electron chi connectivity index (χ1n) is 7.96. The molecule has 0 radical (unpaired) electrons. The van der Waals surface area contributed by atoms with Gasteiger partial charge in [0.2, 0.25) is 5.95 Å². The molecule has 26 heavy (non-hydrogen) atoms. The average Bonchev–Trinajstić information content (AvgIpc) is 2.92. The van der Waals surface area contributed by atoms with E-state index in [0.29, 0.717) is 33.7 Å². The fourth-order valence-electron chi connectivity index (χ4n) is 2.61. The molecule has 2 aromatic carbocycles. The zero-order valence-corrected chi connectivity index (χ0v) is 15.8. The number of imidazole rings is 1. The molecule has 2 N–H and O–H groups in total. The Bertz CT molecular complexity index is 949. The third-order valence-corrected chi connectivity index (χ3v) is 4.60. The maximum atomic E-state index is 11.2. The molecule has 1 aromatic heterocycles. The Labute approximate surface area is 161 Å². The number of nitrogens with one attached hydrogen (secondary N) is 1. The van der Waals surface area contributed by atoms with Gasteiger partial charge in [-0.05, 0) is 44.4 Å². The number of benzene rings is 2. The van der Waals surface area contributed by atoms with E-state index >= 15 is 0 Å². The van der Waals surface area contributed by atoms with Crippen LogP contribution >= 0.6 is 23.2 Å². The van der Waals surface area contributed by atoms with Crippen molar-refractivity contribution in [2.45, 2.75) is 6.54 Å². The highest BCUT2D eigenvalue weighted by Gasteiger charge is 2.15. The number of aromatic carboxylic acids is 1. The molecule has 3 aromatic rings. The number of likely N-dealkylation sites (N-methyl/N-ethyl adjacent to an activating group) is 1. The maximum Gasteiger partial charge on any atom is 0.335 e. The number of hydrogen-bond donors (Lipinski definition) is 2. The smallest absolute Gasteiger partial charge is 0.335 e. The highest BCUT2D eigenvalue weighted by atomic mass is 35.5. The largest absolute Gasteiger partial charge is 0.478 e. The van der Waals surface area contributed by atoms with Crippen molar-refractivity contribution >= 4 is 51.8 Å². The third-order valence-electron chi connectivity index (χ3n) is 3.97. The summed E-state index contributed by atoms with van der Waals surface area (Å²) >= 11 is 12.5. The number of para-hydroxylation sites is 1. The van der Waals surface area contributed by atoms with E-state index in [-0.39, 0.29) is 5.56 Å². The molecule has 0 atom stereocenters. The Morgan fingerprint density at radius 3 is 2.54 bits per heavy atom. The van der Waals surface area contributed by atoms with Crippen LogP contribution in [-0.2, 0) is 6.54 Å². The van der Waals surface area contributed by atoms with E-state index in [9.17, 15) is 9.90 Å². The molecular formula is C18H18Cl2N4O2. The highest BCUT2D eigenvalue weighted by molar-refractivity contribution is 6.39. The van der Waals surface area contributed by atoms with Crippen LogP contribution in [0, 0.1) is 0 Å². The molecule has 3 rings (SSSR count). The van der Waals surface area contributed by atoms with Crippen LogP contribution in [0.25, 0.3) is 11.0 Å². The Hall–Kier alpha value is -2.28. The SMILES string of the molecule is CN(C)CCn1c(Nc2c(Cl)cccc2Cl)nc2cc(C(=O)O)ccc21. The topological polar surface area (TPSA) is 70.4 Å². The van der Waals surface area contributed by atoms with Gasteiger partial charge in [-0.3, -0.25) is 0 Å². The fraction of sp³-hybridized carbons (Fsp3) is 0.222. The van der Waals surface area contributed by atoms with Crippen LogP contribution in [0.4, 0.5) is 11.6 Å². The van der Waals surface area contributed by atoms with E-state index < -0.39 is 5.97 Å². The summed E-state index contributed by atoms with van der Waals surface area (Å²) < 4.78 is 1.99. The number of anilines is 2. The van der Waals surface area contributed by atoms with Gasteiger partial charge < -0.3 is 19.9 Å². The summed E-state index contributed by atoms with van der Waals surface area (Å²) in [5, 5.41) is 13.4. The first-order chi connectivity index (χ1) is 12.4. The number of hydrogen-bond acceptors (Lipinski definition) is 4. The summed E-state index contributed by atoms with van der Waals surface area (Å²) in [5.41, 5.74) is 2.18. The molecule has 0 aliphatic rings. The summed E-state index contributed by atoms with van der Waals surface area (Å²) in [6, 6.07) is 10.1. The van der Waals surface area contributed by atoms with Gasteiger partial charge in [-0.15, -0.1) is 0 Å². The fourth-order valence-corrected chi connectivity index (χ4v) is 3.11. The molecule has 0 bridgehead atoms. The molecule has 0 aliphatic carbocycles. The van der Waals surface area contributed by atoms with Crippen LogP contribution in [-0.4, -0.2) is 46.2 Å². The van der Waals surface area contributed by atoms with Crippen LogP contribution < -0.4 is 5.32 Å². The first kappa shape index (κ1) is 18.5. The minimum Gasteiger partial charge on any atom is -0.478 e. The predicted octanol–water partition coefficient (Wildman–Crippen LogP) is 4.35. The summed E-state index contributed by atoms with van der Waals surface area (Å²) in [4.78, 5) is 17.9. The normalized spacial score (nSPS) is 11.3. The molecule has 0 aliphatic heterocycles. The summed E-state index contributed by atoms with van der Waals surface area (Å²) in [5.74, 6) is -0.433. The lowest BCUT2D eigenvalue weighted by atomic mass is 10.2. The van der Waals surface area contributed by atoms with Crippen LogP contribution in [0.1, 0.15) is 10.4 Å². The number of carbonyl (C=O) groups is 1. The van der Waals surface area contributed by atoms with Gasteiger partial charge in [0, 0.05) is 13.1 Å². The Morgan fingerprint density at radius 1 is 1.23 bits per heavy atom. The van der Waals surface area contributed by atoms with E-state index in [2.05, 4.69) is 15.2 Å². The Balaban J connectivity index is 2.09. The van der Waals surface area contributed by atoms with Crippen molar-refractivity contribution in [1.82, 2.24) is 14.5 Å². The lowest BCUT2D eigenvalue weighted by Crippen LogP contribution is -2.19. The monoisotopic (exact) mass is 392 g/mol. The van der Waals surface area contributed by atoms with Crippen molar-refractivity contribution in [2.75, 3.05) is 26.0 Å². The van der Waals surface area contributed by atoms with E-state index in [1.54, 1.807) is 36.4 Å². The molecule has 0 amide bonds. The summed E-state index contributed by atoms with van der Waals surface area (Å²) in [7, 11) is 3.97. The lowest BCUT2D eigenvalue weighted by molar-refractivity contribution is 0.0697. The predicted molar refractivity (Wildman–Crippen MR) is 105 cm³/mol. The molecule has 1 heterocycles. The number of halogens is 2. The van der Waals surface area contributed by atoms with Gasteiger partial charge in [0.1, 0.15) is 0 Å². The number of aromatic nitrogens is 2. The molecular weight excluding hydrogens is 375 g/mol. The van der Waals surface area contributed by atoms with Gasteiger partial charge in [-0.25, -0.2) is 9.78 Å². The molecule has 6 nitrogen and oxygen atoms in total. The second-order valence-corrected chi connectivity index (χ2v) is 6.94. The molecule has 8 heteroatoms. The van der Waals surface area contributed by atoms with Gasteiger partial charge in [0.25, 0.3) is 0 Å².